The minimum absolute atomic E-state index is 0.0429. The first-order valence-corrected chi connectivity index (χ1v) is 3.83. The van der Waals surface area contributed by atoms with Crippen LogP contribution in [0.15, 0.2) is 12.3 Å². The van der Waals surface area contributed by atoms with Gasteiger partial charge in [-0.2, -0.15) is 0 Å². The van der Waals surface area contributed by atoms with Crippen molar-refractivity contribution in [1.82, 2.24) is 0 Å². The van der Waals surface area contributed by atoms with Crippen LogP contribution < -0.4 is 0 Å². The topological polar surface area (TPSA) is 55.8 Å². The lowest BCUT2D eigenvalue weighted by molar-refractivity contribution is 0.0426. The number of hydrogen-bond donors (Lipinski definition) is 1. The summed E-state index contributed by atoms with van der Waals surface area (Å²) in [4.78, 5) is 10.6. The van der Waals surface area contributed by atoms with Crippen molar-refractivity contribution in [2.24, 2.45) is 0 Å². The molecule has 0 aromatic carbocycles. The summed E-state index contributed by atoms with van der Waals surface area (Å²) in [6.07, 6.45) is 2.30. The molecule has 0 saturated heterocycles. The summed E-state index contributed by atoms with van der Waals surface area (Å²) in [6.45, 7) is 3.40. The van der Waals surface area contributed by atoms with Crippen LogP contribution in [0.25, 0.3) is 0 Å². The summed E-state index contributed by atoms with van der Waals surface area (Å²) in [6, 6.07) is 0. The van der Waals surface area contributed by atoms with E-state index in [0.29, 0.717) is 0 Å². The summed E-state index contributed by atoms with van der Waals surface area (Å²) >= 11 is 0. The van der Waals surface area contributed by atoms with Crippen LogP contribution in [-0.4, -0.2) is 24.0 Å². The van der Waals surface area contributed by atoms with E-state index in [1.807, 2.05) is 6.92 Å². The highest BCUT2D eigenvalue weighted by Crippen LogP contribution is 1.90. The second-order valence-corrected chi connectivity index (χ2v) is 2.31. The molecule has 0 aliphatic heterocycles. The Labute approximate surface area is 71.8 Å². The van der Waals surface area contributed by atoms with Crippen LogP contribution >= 0.6 is 0 Å². The highest BCUT2D eigenvalue weighted by molar-refractivity contribution is 5.60. The minimum atomic E-state index is -0.791. The van der Waals surface area contributed by atoms with Crippen LogP contribution in [0.5, 0.6) is 0 Å². The van der Waals surface area contributed by atoms with E-state index in [0.717, 1.165) is 6.42 Å². The molecule has 4 heteroatoms. The monoisotopic (exact) mass is 174 g/mol. The standard InChI is InChI=1S/C8H14O4/c1-3-4-5-11-8(10)12-6-7(2)9/h4-5,7,9H,3,6H2,1-2H3/b5-4+. The zero-order valence-electron chi connectivity index (χ0n) is 7.32. The molecule has 4 nitrogen and oxygen atoms in total. The SMILES string of the molecule is CC/C=C/OC(=O)OCC(C)O. The van der Waals surface area contributed by atoms with Gasteiger partial charge in [-0.3, -0.25) is 0 Å². The second-order valence-electron chi connectivity index (χ2n) is 2.31. The quantitative estimate of drug-likeness (QED) is 0.517. The Balaban J connectivity index is 3.40. The minimum Gasteiger partial charge on any atom is -0.431 e. The van der Waals surface area contributed by atoms with Gasteiger partial charge in [-0.15, -0.1) is 0 Å². The third kappa shape index (κ3) is 7.08. The molecule has 0 amide bonds. The van der Waals surface area contributed by atoms with Crippen molar-refractivity contribution < 1.29 is 19.4 Å². The van der Waals surface area contributed by atoms with Crippen molar-refractivity contribution in [3.05, 3.63) is 12.3 Å². The van der Waals surface area contributed by atoms with E-state index < -0.39 is 12.3 Å². The van der Waals surface area contributed by atoms with E-state index in [1.165, 1.54) is 13.2 Å². The van der Waals surface area contributed by atoms with E-state index >= 15 is 0 Å². The Morgan fingerprint density at radius 1 is 1.67 bits per heavy atom. The van der Waals surface area contributed by atoms with Gasteiger partial charge in [0, 0.05) is 0 Å². The van der Waals surface area contributed by atoms with Gasteiger partial charge in [-0.05, 0) is 19.4 Å². The lowest BCUT2D eigenvalue weighted by Crippen LogP contribution is -2.14. The molecule has 1 atom stereocenters. The summed E-state index contributed by atoms with van der Waals surface area (Å²) in [5.74, 6) is 0. The fourth-order valence-corrected chi connectivity index (χ4v) is 0.423. The molecule has 0 aliphatic rings. The fourth-order valence-electron chi connectivity index (χ4n) is 0.423. The van der Waals surface area contributed by atoms with Crippen LogP contribution in [0, 0.1) is 0 Å². The Morgan fingerprint density at radius 3 is 2.83 bits per heavy atom. The molecular weight excluding hydrogens is 160 g/mol. The van der Waals surface area contributed by atoms with Crippen LogP contribution in [-0.2, 0) is 9.47 Å². The number of aliphatic hydroxyl groups excluding tert-OH is 1. The maximum absolute atomic E-state index is 10.6. The first kappa shape index (κ1) is 11.0. The number of aliphatic hydroxyl groups is 1. The highest BCUT2D eigenvalue weighted by atomic mass is 16.7. The summed E-state index contributed by atoms with van der Waals surface area (Å²) in [5, 5.41) is 8.72. The summed E-state index contributed by atoms with van der Waals surface area (Å²) in [5.41, 5.74) is 0. The lowest BCUT2D eigenvalue weighted by atomic mass is 10.5. The van der Waals surface area contributed by atoms with Gasteiger partial charge < -0.3 is 14.6 Å². The molecular formula is C8H14O4. The fraction of sp³-hybridized carbons (Fsp3) is 0.625. The number of allylic oxidation sites excluding steroid dienone is 1. The van der Waals surface area contributed by atoms with Gasteiger partial charge in [0.2, 0.25) is 0 Å². The zero-order valence-corrected chi connectivity index (χ0v) is 7.32. The number of carbonyl (C=O) groups is 1. The first-order valence-electron chi connectivity index (χ1n) is 3.83. The average Bonchev–Trinajstić information content (AvgIpc) is 2.01. The molecule has 0 radical (unpaired) electrons. The van der Waals surface area contributed by atoms with Crippen molar-refractivity contribution in [3.8, 4) is 0 Å². The number of ether oxygens (including phenoxy) is 2. The van der Waals surface area contributed by atoms with Gasteiger partial charge >= 0.3 is 6.16 Å². The molecule has 0 saturated carbocycles. The van der Waals surface area contributed by atoms with Crippen molar-refractivity contribution in [3.63, 3.8) is 0 Å². The molecule has 0 aromatic heterocycles. The predicted octanol–water partition coefficient (Wildman–Crippen LogP) is 1.44. The van der Waals surface area contributed by atoms with Gasteiger partial charge in [0.25, 0.3) is 0 Å². The van der Waals surface area contributed by atoms with Crippen molar-refractivity contribution in [2.45, 2.75) is 26.4 Å². The average molecular weight is 174 g/mol. The Hall–Kier alpha value is -1.03. The van der Waals surface area contributed by atoms with E-state index in [2.05, 4.69) is 9.47 Å². The molecule has 0 rings (SSSR count). The smallest absolute Gasteiger partial charge is 0.431 e. The second kappa shape index (κ2) is 6.67. The number of rotatable bonds is 4. The Morgan fingerprint density at radius 2 is 2.33 bits per heavy atom. The van der Waals surface area contributed by atoms with Gasteiger partial charge in [0.15, 0.2) is 0 Å². The maximum atomic E-state index is 10.6. The van der Waals surface area contributed by atoms with Gasteiger partial charge in [0.05, 0.1) is 12.4 Å². The molecule has 0 aromatic rings. The number of hydrogen-bond acceptors (Lipinski definition) is 4. The molecule has 0 bridgehead atoms. The van der Waals surface area contributed by atoms with Gasteiger partial charge in [-0.1, -0.05) is 6.92 Å². The lowest BCUT2D eigenvalue weighted by Gasteiger charge is -2.03. The van der Waals surface area contributed by atoms with Crippen molar-refractivity contribution >= 4 is 6.16 Å². The van der Waals surface area contributed by atoms with E-state index in [9.17, 15) is 4.79 Å². The van der Waals surface area contributed by atoms with E-state index in [4.69, 9.17) is 5.11 Å². The van der Waals surface area contributed by atoms with Crippen LogP contribution in [0.2, 0.25) is 0 Å². The Bertz CT molecular complexity index is 151. The van der Waals surface area contributed by atoms with Crippen LogP contribution in [0.1, 0.15) is 20.3 Å². The number of carbonyl (C=O) groups excluding carboxylic acids is 1. The molecule has 0 fully saturated rings. The molecule has 1 unspecified atom stereocenters. The van der Waals surface area contributed by atoms with E-state index in [-0.39, 0.29) is 6.61 Å². The summed E-state index contributed by atoms with van der Waals surface area (Å²) in [7, 11) is 0. The molecule has 12 heavy (non-hydrogen) atoms. The molecule has 0 aliphatic carbocycles. The van der Waals surface area contributed by atoms with E-state index in [1.54, 1.807) is 6.08 Å². The molecule has 0 spiro atoms. The summed E-state index contributed by atoms with van der Waals surface area (Å²) < 4.78 is 8.97. The van der Waals surface area contributed by atoms with Gasteiger partial charge in [-0.25, -0.2) is 4.79 Å². The third-order valence-corrected chi connectivity index (χ3v) is 0.939. The highest BCUT2D eigenvalue weighted by Gasteiger charge is 2.03. The maximum Gasteiger partial charge on any atom is 0.513 e. The first-order chi connectivity index (χ1) is 5.66. The molecule has 70 valence electrons. The van der Waals surface area contributed by atoms with Crippen molar-refractivity contribution in [1.29, 1.82) is 0 Å². The molecule has 1 N–H and O–H groups in total. The van der Waals surface area contributed by atoms with Crippen LogP contribution in [0.4, 0.5) is 4.79 Å². The van der Waals surface area contributed by atoms with Crippen LogP contribution in [0.3, 0.4) is 0 Å². The normalized spacial score (nSPS) is 12.9. The zero-order chi connectivity index (χ0) is 9.40. The molecule has 0 heterocycles. The largest absolute Gasteiger partial charge is 0.513 e. The third-order valence-electron chi connectivity index (χ3n) is 0.939. The van der Waals surface area contributed by atoms with Gasteiger partial charge in [0.1, 0.15) is 6.61 Å². The van der Waals surface area contributed by atoms with Crippen molar-refractivity contribution in [2.75, 3.05) is 6.61 Å². The predicted molar refractivity (Wildman–Crippen MR) is 43.5 cm³/mol. The Kier molecular flexibility index (Phi) is 6.09.